The van der Waals surface area contributed by atoms with E-state index >= 15 is 0 Å². The van der Waals surface area contributed by atoms with Crippen LogP contribution in [-0.4, -0.2) is 60.3 Å². The molecule has 8 nitrogen and oxygen atoms in total. The van der Waals surface area contributed by atoms with Gasteiger partial charge in [0.05, 0.1) is 20.1 Å². The topological polar surface area (TPSA) is 84.7 Å². The van der Waals surface area contributed by atoms with Crippen LogP contribution in [0.2, 0.25) is 0 Å². The van der Waals surface area contributed by atoms with E-state index in [4.69, 9.17) is 0 Å². The summed E-state index contributed by atoms with van der Waals surface area (Å²) in [5.74, 6) is 0.191. The number of carbonyl (C=O) groups is 1. The molecule has 20 heavy (non-hydrogen) atoms. The van der Waals surface area contributed by atoms with Gasteiger partial charge in [0, 0.05) is 40.1 Å². The zero-order chi connectivity index (χ0) is 15.3. The van der Waals surface area contributed by atoms with Crippen LogP contribution in [-0.2, 0) is 33.3 Å². The molecule has 9 heteroatoms. The van der Waals surface area contributed by atoms with Crippen molar-refractivity contribution in [1.29, 1.82) is 0 Å². The fourth-order valence-electron chi connectivity index (χ4n) is 1.53. The lowest BCUT2D eigenvalue weighted by Crippen LogP contribution is -2.40. The minimum absolute atomic E-state index is 0.0163. The summed E-state index contributed by atoms with van der Waals surface area (Å²) in [7, 11) is 2.33. The fourth-order valence-corrected chi connectivity index (χ4v) is 2.61. The van der Waals surface area contributed by atoms with Crippen molar-refractivity contribution >= 4 is 16.2 Å². The Hall–Kier alpha value is -1.45. The van der Waals surface area contributed by atoms with Gasteiger partial charge in [-0.05, 0) is 0 Å². The lowest BCUT2D eigenvalue weighted by atomic mass is 10.4. The molecule has 0 aromatic carbocycles. The summed E-state index contributed by atoms with van der Waals surface area (Å²) in [4.78, 5) is 15.1. The van der Waals surface area contributed by atoms with Crippen LogP contribution in [0.25, 0.3) is 0 Å². The molecule has 114 valence electrons. The molecule has 0 amide bonds. The van der Waals surface area contributed by atoms with Crippen molar-refractivity contribution in [2.45, 2.75) is 13.0 Å². The van der Waals surface area contributed by atoms with Gasteiger partial charge in [0.15, 0.2) is 0 Å². The standard InChI is InChI=1S/C11H20N4O4S/c1-13-8-6-12-10(13)9-15(3)20(17,18)14(2)7-5-11(16)19-4/h6,8H,5,7,9H2,1-4H3. The van der Waals surface area contributed by atoms with Crippen molar-refractivity contribution in [3.63, 3.8) is 0 Å². The monoisotopic (exact) mass is 304 g/mol. The van der Waals surface area contributed by atoms with Gasteiger partial charge in [-0.15, -0.1) is 0 Å². The van der Waals surface area contributed by atoms with Gasteiger partial charge in [0.25, 0.3) is 10.2 Å². The molecule has 0 saturated heterocycles. The van der Waals surface area contributed by atoms with Crippen LogP contribution in [0.1, 0.15) is 12.2 Å². The first kappa shape index (κ1) is 16.6. The number of hydrogen-bond acceptors (Lipinski definition) is 5. The Labute approximate surface area is 119 Å². The average Bonchev–Trinajstić information content (AvgIpc) is 2.80. The Morgan fingerprint density at radius 3 is 2.55 bits per heavy atom. The van der Waals surface area contributed by atoms with Gasteiger partial charge in [-0.2, -0.15) is 17.0 Å². The molecule has 0 aliphatic heterocycles. The van der Waals surface area contributed by atoms with Gasteiger partial charge >= 0.3 is 5.97 Å². The van der Waals surface area contributed by atoms with Gasteiger partial charge in [0.2, 0.25) is 0 Å². The molecular weight excluding hydrogens is 284 g/mol. The highest BCUT2D eigenvalue weighted by atomic mass is 32.2. The predicted molar refractivity (Wildman–Crippen MR) is 72.9 cm³/mol. The van der Waals surface area contributed by atoms with Gasteiger partial charge in [-0.1, -0.05) is 0 Å². The molecule has 0 N–H and O–H groups in total. The van der Waals surface area contributed by atoms with Crippen LogP contribution >= 0.6 is 0 Å². The third-order valence-electron chi connectivity index (χ3n) is 2.93. The number of aryl methyl sites for hydroxylation is 1. The second kappa shape index (κ2) is 6.82. The summed E-state index contributed by atoms with van der Waals surface area (Å²) < 4.78 is 33.0. The van der Waals surface area contributed by atoms with E-state index in [1.807, 2.05) is 0 Å². The molecule has 0 radical (unpaired) electrons. The molecule has 0 saturated carbocycles. The highest BCUT2D eigenvalue weighted by Gasteiger charge is 2.25. The first-order valence-electron chi connectivity index (χ1n) is 5.99. The Morgan fingerprint density at radius 1 is 1.40 bits per heavy atom. The van der Waals surface area contributed by atoms with Crippen molar-refractivity contribution in [3.8, 4) is 0 Å². The molecule has 0 aliphatic rings. The number of nitrogens with zero attached hydrogens (tertiary/aromatic N) is 4. The van der Waals surface area contributed by atoms with Gasteiger partial charge < -0.3 is 9.30 Å². The van der Waals surface area contributed by atoms with Crippen LogP contribution in [0.3, 0.4) is 0 Å². The molecular formula is C11H20N4O4S. The molecule has 0 fully saturated rings. The van der Waals surface area contributed by atoms with E-state index in [1.54, 1.807) is 24.0 Å². The number of methoxy groups -OCH3 is 1. The third kappa shape index (κ3) is 4.02. The number of hydrogen-bond donors (Lipinski definition) is 0. The second-order valence-electron chi connectivity index (χ2n) is 4.37. The van der Waals surface area contributed by atoms with Crippen LogP contribution in [0.4, 0.5) is 0 Å². The fraction of sp³-hybridized carbons (Fsp3) is 0.636. The van der Waals surface area contributed by atoms with E-state index in [0.717, 1.165) is 4.31 Å². The van der Waals surface area contributed by atoms with E-state index in [9.17, 15) is 13.2 Å². The lowest BCUT2D eigenvalue weighted by Gasteiger charge is -2.23. The van der Waals surface area contributed by atoms with Gasteiger partial charge in [0.1, 0.15) is 5.82 Å². The summed E-state index contributed by atoms with van der Waals surface area (Å²) in [5.41, 5.74) is 0. The summed E-state index contributed by atoms with van der Waals surface area (Å²) in [6.45, 7) is 0.230. The summed E-state index contributed by atoms with van der Waals surface area (Å²) in [5, 5.41) is 0. The Balaban J connectivity index is 2.67. The van der Waals surface area contributed by atoms with E-state index < -0.39 is 16.2 Å². The Kier molecular flexibility index (Phi) is 5.66. The molecule has 0 bridgehead atoms. The van der Waals surface area contributed by atoms with Gasteiger partial charge in [-0.25, -0.2) is 4.98 Å². The highest BCUT2D eigenvalue weighted by molar-refractivity contribution is 7.86. The average molecular weight is 304 g/mol. The van der Waals surface area contributed by atoms with E-state index in [2.05, 4.69) is 9.72 Å². The number of imidazole rings is 1. The lowest BCUT2D eigenvalue weighted by molar-refractivity contribution is -0.140. The Morgan fingerprint density at radius 2 is 2.05 bits per heavy atom. The highest BCUT2D eigenvalue weighted by Crippen LogP contribution is 2.09. The SMILES string of the molecule is COC(=O)CCN(C)S(=O)(=O)N(C)Cc1nccn1C. The van der Waals surface area contributed by atoms with E-state index in [-0.39, 0.29) is 19.5 Å². The number of ether oxygens (including phenoxy) is 1. The smallest absolute Gasteiger partial charge is 0.306 e. The van der Waals surface area contributed by atoms with E-state index in [0.29, 0.717) is 5.82 Å². The molecule has 1 rings (SSSR count). The number of aromatic nitrogens is 2. The van der Waals surface area contributed by atoms with Crippen LogP contribution in [0.5, 0.6) is 0 Å². The zero-order valence-corrected chi connectivity index (χ0v) is 12.9. The van der Waals surface area contributed by atoms with Gasteiger partial charge in [-0.3, -0.25) is 4.79 Å². The van der Waals surface area contributed by atoms with Crippen molar-refractivity contribution in [1.82, 2.24) is 18.2 Å². The van der Waals surface area contributed by atoms with Crippen molar-refractivity contribution in [2.75, 3.05) is 27.7 Å². The zero-order valence-electron chi connectivity index (χ0n) is 12.1. The third-order valence-corrected chi connectivity index (χ3v) is 4.82. The maximum atomic E-state index is 12.2. The molecule has 0 aliphatic carbocycles. The molecule has 1 heterocycles. The maximum Gasteiger partial charge on any atom is 0.306 e. The summed E-state index contributed by atoms with van der Waals surface area (Å²) >= 11 is 0. The van der Waals surface area contributed by atoms with Crippen LogP contribution in [0, 0.1) is 0 Å². The summed E-state index contributed by atoms with van der Waals surface area (Å²) in [6.07, 6.45) is 3.37. The minimum Gasteiger partial charge on any atom is -0.469 e. The number of carbonyl (C=O) groups excluding carboxylic acids is 1. The second-order valence-corrected chi connectivity index (χ2v) is 6.51. The molecule has 1 aromatic heterocycles. The normalized spacial score (nSPS) is 12.1. The number of esters is 1. The van der Waals surface area contributed by atoms with E-state index in [1.165, 1.54) is 25.5 Å². The minimum atomic E-state index is -3.63. The quantitative estimate of drug-likeness (QED) is 0.639. The first-order valence-corrected chi connectivity index (χ1v) is 7.39. The molecule has 0 unspecified atom stereocenters. The largest absolute Gasteiger partial charge is 0.469 e. The molecule has 0 atom stereocenters. The predicted octanol–water partition coefficient (Wildman–Crippen LogP) is -0.408. The van der Waals surface area contributed by atoms with Crippen LogP contribution < -0.4 is 0 Å². The maximum absolute atomic E-state index is 12.2. The first-order chi connectivity index (χ1) is 9.28. The van der Waals surface area contributed by atoms with Crippen molar-refractivity contribution < 1.29 is 17.9 Å². The van der Waals surface area contributed by atoms with Crippen LogP contribution in [0.15, 0.2) is 12.4 Å². The van der Waals surface area contributed by atoms with Crippen molar-refractivity contribution in [2.24, 2.45) is 7.05 Å². The Bertz CT molecular complexity index is 555. The van der Waals surface area contributed by atoms with Crippen molar-refractivity contribution in [3.05, 3.63) is 18.2 Å². The number of rotatable bonds is 7. The summed E-state index contributed by atoms with van der Waals surface area (Å²) in [6, 6.07) is 0. The molecule has 0 spiro atoms. The molecule has 1 aromatic rings.